The van der Waals surface area contributed by atoms with Gasteiger partial charge in [-0.15, -0.1) is 12.4 Å². The summed E-state index contributed by atoms with van der Waals surface area (Å²) < 4.78 is 13.2. The van der Waals surface area contributed by atoms with E-state index in [4.69, 9.17) is 5.73 Å². The van der Waals surface area contributed by atoms with E-state index < -0.39 is 17.8 Å². The second-order valence-corrected chi connectivity index (χ2v) is 6.62. The van der Waals surface area contributed by atoms with Crippen LogP contribution in [0.3, 0.4) is 0 Å². The molecule has 2 amide bonds. The number of nitrogens with two attached hydrogens (primary N) is 1. The van der Waals surface area contributed by atoms with Crippen LogP contribution in [-0.2, 0) is 11.3 Å². The van der Waals surface area contributed by atoms with E-state index in [-0.39, 0.29) is 23.9 Å². The van der Waals surface area contributed by atoms with Crippen LogP contribution in [0.2, 0.25) is 0 Å². The molecule has 0 aliphatic carbocycles. The summed E-state index contributed by atoms with van der Waals surface area (Å²) in [6, 6.07) is 12.0. The summed E-state index contributed by atoms with van der Waals surface area (Å²) in [5.74, 6) is -0.721. The Morgan fingerprint density at radius 1 is 1.11 bits per heavy atom. The maximum absolute atomic E-state index is 13.2. The Balaban J connectivity index is 0.00000364. The average Bonchev–Trinajstić information content (AvgIpc) is 2.59. The van der Waals surface area contributed by atoms with Gasteiger partial charge in [0.05, 0.1) is 6.04 Å². The number of carbonyl (C=O) groups is 2. The van der Waals surface area contributed by atoms with Crippen LogP contribution in [0, 0.1) is 11.7 Å². The number of rotatable bonds is 7. The zero-order chi connectivity index (χ0) is 19.1. The zero-order valence-corrected chi connectivity index (χ0v) is 16.2. The summed E-state index contributed by atoms with van der Waals surface area (Å²) in [5, 5.41) is 5.52. The third kappa shape index (κ3) is 7.37. The van der Waals surface area contributed by atoms with E-state index in [0.29, 0.717) is 24.6 Å². The number of amides is 2. The van der Waals surface area contributed by atoms with Gasteiger partial charge >= 0.3 is 0 Å². The van der Waals surface area contributed by atoms with E-state index in [9.17, 15) is 14.0 Å². The Morgan fingerprint density at radius 2 is 1.81 bits per heavy atom. The van der Waals surface area contributed by atoms with Crippen LogP contribution in [0.25, 0.3) is 0 Å². The molecule has 146 valence electrons. The van der Waals surface area contributed by atoms with Gasteiger partial charge in [0.1, 0.15) is 5.82 Å². The molecule has 5 nitrogen and oxygen atoms in total. The first kappa shape index (κ1) is 22.6. The molecule has 0 aliphatic rings. The van der Waals surface area contributed by atoms with Crippen molar-refractivity contribution in [2.45, 2.75) is 32.9 Å². The molecular weight excluding hydrogens is 369 g/mol. The van der Waals surface area contributed by atoms with Crippen LogP contribution < -0.4 is 16.4 Å². The number of anilines is 1. The summed E-state index contributed by atoms with van der Waals surface area (Å²) in [7, 11) is 0. The van der Waals surface area contributed by atoms with Crippen molar-refractivity contribution in [3.8, 4) is 0 Å². The van der Waals surface area contributed by atoms with Crippen LogP contribution in [0.1, 0.15) is 36.2 Å². The van der Waals surface area contributed by atoms with Crippen LogP contribution >= 0.6 is 12.4 Å². The SMILES string of the molecule is CC(C)C[C@H](N)C(=O)NCc1cccc(NC(=O)c2cccc(F)c2)c1.Cl. The monoisotopic (exact) mass is 393 g/mol. The minimum absolute atomic E-state index is 0. The number of halogens is 2. The molecule has 27 heavy (non-hydrogen) atoms. The third-order valence-electron chi connectivity index (χ3n) is 3.80. The average molecular weight is 394 g/mol. The van der Waals surface area contributed by atoms with E-state index in [1.54, 1.807) is 24.3 Å². The van der Waals surface area contributed by atoms with Crippen molar-refractivity contribution in [2.75, 3.05) is 5.32 Å². The van der Waals surface area contributed by atoms with Crippen molar-refractivity contribution >= 4 is 29.9 Å². The first-order chi connectivity index (χ1) is 12.3. The predicted octanol–water partition coefficient (Wildman–Crippen LogP) is 3.49. The molecule has 0 spiro atoms. The molecule has 0 heterocycles. The summed E-state index contributed by atoms with van der Waals surface area (Å²) in [6.07, 6.45) is 0.621. The van der Waals surface area contributed by atoms with Gasteiger partial charge in [-0.2, -0.15) is 0 Å². The van der Waals surface area contributed by atoms with Crippen molar-refractivity contribution in [1.82, 2.24) is 5.32 Å². The molecule has 2 aromatic rings. The van der Waals surface area contributed by atoms with Gasteiger partial charge in [0.25, 0.3) is 5.91 Å². The molecule has 0 saturated heterocycles. The Morgan fingerprint density at radius 3 is 2.48 bits per heavy atom. The molecule has 1 atom stereocenters. The van der Waals surface area contributed by atoms with E-state index in [1.165, 1.54) is 18.2 Å². The highest BCUT2D eigenvalue weighted by molar-refractivity contribution is 6.04. The predicted molar refractivity (Wildman–Crippen MR) is 107 cm³/mol. The van der Waals surface area contributed by atoms with Crippen LogP contribution in [0.4, 0.5) is 10.1 Å². The lowest BCUT2D eigenvalue weighted by Crippen LogP contribution is -2.41. The van der Waals surface area contributed by atoms with Crippen molar-refractivity contribution in [1.29, 1.82) is 0 Å². The second kappa shape index (κ2) is 10.6. The van der Waals surface area contributed by atoms with Gasteiger partial charge in [0, 0.05) is 17.8 Å². The van der Waals surface area contributed by atoms with E-state index in [1.807, 2.05) is 19.9 Å². The number of hydrogen-bond acceptors (Lipinski definition) is 3. The van der Waals surface area contributed by atoms with Gasteiger partial charge < -0.3 is 16.4 Å². The minimum Gasteiger partial charge on any atom is -0.351 e. The lowest BCUT2D eigenvalue weighted by Gasteiger charge is -2.14. The topological polar surface area (TPSA) is 84.2 Å². The largest absolute Gasteiger partial charge is 0.351 e. The molecule has 0 bridgehead atoms. The standard InChI is InChI=1S/C20H24FN3O2.ClH/c1-13(2)9-18(22)20(26)23-12-14-5-3-8-17(10-14)24-19(25)15-6-4-7-16(21)11-15;/h3-8,10-11,13,18H,9,12,22H2,1-2H3,(H,23,26)(H,24,25);1H/t18-;/m0./s1. The smallest absolute Gasteiger partial charge is 0.255 e. The molecule has 0 radical (unpaired) electrons. The molecule has 2 aromatic carbocycles. The fourth-order valence-electron chi connectivity index (χ4n) is 2.53. The van der Waals surface area contributed by atoms with Gasteiger partial charge in [-0.05, 0) is 48.2 Å². The van der Waals surface area contributed by atoms with Crippen LogP contribution in [-0.4, -0.2) is 17.9 Å². The summed E-state index contributed by atoms with van der Waals surface area (Å²) in [6.45, 7) is 4.34. The fraction of sp³-hybridized carbons (Fsp3) is 0.300. The summed E-state index contributed by atoms with van der Waals surface area (Å²) in [4.78, 5) is 24.2. The minimum atomic E-state index is -0.536. The van der Waals surface area contributed by atoms with E-state index in [2.05, 4.69) is 10.6 Å². The highest BCUT2D eigenvalue weighted by Crippen LogP contribution is 2.13. The van der Waals surface area contributed by atoms with Crippen molar-refractivity contribution in [3.63, 3.8) is 0 Å². The zero-order valence-electron chi connectivity index (χ0n) is 15.4. The van der Waals surface area contributed by atoms with Gasteiger partial charge in [-0.1, -0.05) is 32.0 Å². The quantitative estimate of drug-likeness (QED) is 0.673. The van der Waals surface area contributed by atoms with Gasteiger partial charge in [-0.3, -0.25) is 9.59 Å². The molecule has 4 N–H and O–H groups in total. The molecule has 0 aliphatic heterocycles. The second-order valence-electron chi connectivity index (χ2n) is 6.62. The Kier molecular flexibility index (Phi) is 8.91. The van der Waals surface area contributed by atoms with Crippen molar-refractivity contribution in [2.24, 2.45) is 11.7 Å². The fourth-order valence-corrected chi connectivity index (χ4v) is 2.53. The van der Waals surface area contributed by atoms with Gasteiger partial charge in [-0.25, -0.2) is 4.39 Å². The number of benzene rings is 2. The molecule has 0 fully saturated rings. The molecule has 0 aromatic heterocycles. The molecular formula is C20H25ClFN3O2. The Hall–Kier alpha value is -2.44. The highest BCUT2D eigenvalue weighted by Gasteiger charge is 2.14. The normalized spacial score (nSPS) is 11.4. The van der Waals surface area contributed by atoms with Gasteiger partial charge in [0.2, 0.25) is 5.91 Å². The molecule has 0 unspecified atom stereocenters. The van der Waals surface area contributed by atoms with Crippen molar-refractivity contribution < 1.29 is 14.0 Å². The lowest BCUT2D eigenvalue weighted by atomic mass is 10.0. The molecule has 2 rings (SSSR count). The maximum Gasteiger partial charge on any atom is 0.255 e. The number of hydrogen-bond donors (Lipinski definition) is 3. The summed E-state index contributed by atoms with van der Waals surface area (Å²) >= 11 is 0. The lowest BCUT2D eigenvalue weighted by molar-refractivity contribution is -0.122. The van der Waals surface area contributed by atoms with E-state index >= 15 is 0 Å². The number of carbonyl (C=O) groups excluding carboxylic acids is 2. The highest BCUT2D eigenvalue weighted by atomic mass is 35.5. The van der Waals surface area contributed by atoms with Crippen LogP contribution in [0.15, 0.2) is 48.5 Å². The first-order valence-electron chi connectivity index (χ1n) is 8.54. The maximum atomic E-state index is 13.2. The van der Waals surface area contributed by atoms with E-state index in [0.717, 1.165) is 5.56 Å². The molecule has 0 saturated carbocycles. The van der Waals surface area contributed by atoms with Gasteiger partial charge in [0.15, 0.2) is 0 Å². The number of nitrogens with one attached hydrogen (secondary N) is 2. The third-order valence-corrected chi connectivity index (χ3v) is 3.80. The molecule has 7 heteroatoms. The van der Waals surface area contributed by atoms with Crippen LogP contribution in [0.5, 0.6) is 0 Å². The Labute approximate surface area is 164 Å². The Bertz CT molecular complexity index is 783. The first-order valence-corrected chi connectivity index (χ1v) is 8.54. The van der Waals surface area contributed by atoms with Crippen molar-refractivity contribution in [3.05, 3.63) is 65.5 Å². The summed E-state index contributed by atoms with van der Waals surface area (Å²) in [5.41, 5.74) is 7.49.